The Morgan fingerprint density at radius 2 is 1.89 bits per heavy atom. The lowest BCUT2D eigenvalue weighted by atomic mass is 10.1. The molecule has 2 aliphatic rings. The normalized spacial score (nSPS) is 22.4. The fraction of sp³-hybridized carbons (Fsp3) is 0.650. The third-order valence-electron chi connectivity index (χ3n) is 5.54. The minimum atomic E-state index is -2.84. The summed E-state index contributed by atoms with van der Waals surface area (Å²) in [5.41, 5.74) is 0.821. The van der Waals surface area contributed by atoms with E-state index in [1.54, 1.807) is 12.1 Å². The summed E-state index contributed by atoms with van der Waals surface area (Å²) in [7, 11) is 0. The highest BCUT2D eigenvalue weighted by atomic mass is 19.3. The molecule has 2 aliphatic heterocycles. The summed E-state index contributed by atoms with van der Waals surface area (Å²) >= 11 is 0. The van der Waals surface area contributed by atoms with Crippen LogP contribution in [0, 0.1) is 0 Å². The summed E-state index contributed by atoms with van der Waals surface area (Å²) in [6, 6.07) is 6.82. The summed E-state index contributed by atoms with van der Waals surface area (Å²) in [6.45, 7) is 10.3. The summed E-state index contributed by atoms with van der Waals surface area (Å²) in [5, 5.41) is 3.34. The quantitative estimate of drug-likeness (QED) is 0.869. The molecule has 7 heteroatoms. The van der Waals surface area contributed by atoms with Crippen LogP contribution in [0.4, 0.5) is 14.5 Å². The zero-order valence-electron chi connectivity index (χ0n) is 16.4. The third-order valence-corrected chi connectivity index (χ3v) is 5.54. The minimum Gasteiger partial charge on any atom is -0.368 e. The number of hydrogen-bond donors (Lipinski definition) is 1. The average molecular weight is 380 g/mol. The summed E-state index contributed by atoms with van der Waals surface area (Å²) < 4.78 is 27.2. The fourth-order valence-corrected chi connectivity index (χ4v) is 3.79. The first-order chi connectivity index (χ1) is 12.8. The van der Waals surface area contributed by atoms with Gasteiger partial charge in [0.25, 0.3) is 5.92 Å². The highest BCUT2D eigenvalue weighted by molar-refractivity contribution is 5.82. The lowest BCUT2D eigenvalue weighted by Crippen LogP contribution is -2.61. The standard InChI is InChI=1S/C20H30F2N4O/c1-15(2)26-8-7-23-18(14-26)19(27)25-11-9-24(10-12-25)17-6-4-5-16(13-17)20(3,21)22/h4-6,13,15,18,23H,7-12,14H2,1-3H3/t18-/m1/s1. The maximum atomic E-state index is 13.6. The van der Waals surface area contributed by atoms with Gasteiger partial charge in [-0.1, -0.05) is 12.1 Å². The van der Waals surface area contributed by atoms with Gasteiger partial charge in [0.1, 0.15) is 0 Å². The molecule has 0 unspecified atom stereocenters. The Morgan fingerprint density at radius 1 is 1.19 bits per heavy atom. The highest BCUT2D eigenvalue weighted by Crippen LogP contribution is 2.30. The first-order valence-electron chi connectivity index (χ1n) is 9.75. The van der Waals surface area contributed by atoms with Crippen LogP contribution in [-0.2, 0) is 10.7 Å². The number of anilines is 1. The van der Waals surface area contributed by atoms with Gasteiger partial charge in [0, 0.05) is 70.0 Å². The summed E-state index contributed by atoms with van der Waals surface area (Å²) in [5.74, 6) is -2.70. The van der Waals surface area contributed by atoms with Gasteiger partial charge < -0.3 is 15.1 Å². The van der Waals surface area contributed by atoms with Crippen molar-refractivity contribution in [1.29, 1.82) is 0 Å². The molecule has 0 radical (unpaired) electrons. The lowest BCUT2D eigenvalue weighted by molar-refractivity contribution is -0.135. The van der Waals surface area contributed by atoms with Crippen LogP contribution in [0.15, 0.2) is 24.3 Å². The van der Waals surface area contributed by atoms with Crippen LogP contribution >= 0.6 is 0 Å². The van der Waals surface area contributed by atoms with E-state index in [-0.39, 0.29) is 17.5 Å². The first-order valence-corrected chi connectivity index (χ1v) is 9.75. The van der Waals surface area contributed by atoms with Crippen molar-refractivity contribution < 1.29 is 13.6 Å². The molecule has 1 amide bonds. The zero-order chi connectivity index (χ0) is 19.6. The van der Waals surface area contributed by atoms with Crippen LogP contribution in [-0.4, -0.2) is 73.6 Å². The van der Waals surface area contributed by atoms with Gasteiger partial charge >= 0.3 is 0 Å². The van der Waals surface area contributed by atoms with E-state index in [4.69, 9.17) is 0 Å². The summed E-state index contributed by atoms with van der Waals surface area (Å²) in [6.07, 6.45) is 0. The minimum absolute atomic E-state index is 0.0266. The first kappa shape index (κ1) is 20.0. The molecule has 2 heterocycles. The van der Waals surface area contributed by atoms with Gasteiger partial charge in [-0.2, -0.15) is 0 Å². The van der Waals surface area contributed by atoms with E-state index in [0.717, 1.165) is 32.2 Å². The third kappa shape index (κ3) is 4.76. The number of carbonyl (C=O) groups is 1. The smallest absolute Gasteiger partial charge is 0.270 e. The fourth-order valence-electron chi connectivity index (χ4n) is 3.79. The van der Waals surface area contributed by atoms with Crippen LogP contribution in [0.25, 0.3) is 0 Å². The molecule has 0 spiro atoms. The molecule has 3 rings (SSSR count). The Bertz CT molecular complexity index is 654. The number of nitrogens with zero attached hydrogens (tertiary/aromatic N) is 3. The monoisotopic (exact) mass is 380 g/mol. The number of alkyl halides is 2. The summed E-state index contributed by atoms with van der Waals surface area (Å²) in [4.78, 5) is 19.2. The predicted molar refractivity (Wildman–Crippen MR) is 103 cm³/mol. The van der Waals surface area contributed by atoms with Crippen LogP contribution in [0.1, 0.15) is 26.3 Å². The average Bonchev–Trinajstić information content (AvgIpc) is 2.67. The second-order valence-corrected chi connectivity index (χ2v) is 7.85. The number of hydrogen-bond acceptors (Lipinski definition) is 4. The number of carbonyl (C=O) groups excluding carboxylic acids is 1. The molecule has 2 fully saturated rings. The highest BCUT2D eigenvalue weighted by Gasteiger charge is 2.32. The van der Waals surface area contributed by atoms with E-state index in [0.29, 0.717) is 32.2 Å². The Morgan fingerprint density at radius 3 is 2.52 bits per heavy atom. The molecule has 27 heavy (non-hydrogen) atoms. The topological polar surface area (TPSA) is 38.8 Å². The Labute approximate surface area is 160 Å². The largest absolute Gasteiger partial charge is 0.368 e. The van der Waals surface area contributed by atoms with Gasteiger partial charge in [-0.25, -0.2) is 8.78 Å². The van der Waals surface area contributed by atoms with Crippen molar-refractivity contribution in [3.8, 4) is 0 Å². The van der Waals surface area contributed by atoms with Gasteiger partial charge in [-0.3, -0.25) is 9.69 Å². The molecule has 2 saturated heterocycles. The van der Waals surface area contributed by atoms with Crippen molar-refractivity contribution in [2.24, 2.45) is 0 Å². The molecular weight excluding hydrogens is 350 g/mol. The van der Waals surface area contributed by atoms with Crippen LogP contribution in [0.3, 0.4) is 0 Å². The number of amides is 1. The van der Waals surface area contributed by atoms with Crippen molar-refractivity contribution in [1.82, 2.24) is 15.1 Å². The number of benzene rings is 1. The van der Waals surface area contributed by atoms with E-state index in [2.05, 4.69) is 29.0 Å². The molecule has 1 aromatic carbocycles. The van der Waals surface area contributed by atoms with Crippen LogP contribution in [0.2, 0.25) is 0 Å². The SMILES string of the molecule is CC(C)N1CCN[C@@H](C(=O)N2CCN(c3cccc(C(C)(F)F)c3)CC2)C1. The van der Waals surface area contributed by atoms with Gasteiger partial charge in [0.15, 0.2) is 0 Å². The van der Waals surface area contributed by atoms with Crippen molar-refractivity contribution in [2.75, 3.05) is 50.7 Å². The zero-order valence-corrected chi connectivity index (χ0v) is 16.4. The number of rotatable bonds is 4. The number of halogens is 2. The lowest BCUT2D eigenvalue weighted by Gasteiger charge is -2.41. The van der Waals surface area contributed by atoms with E-state index in [9.17, 15) is 13.6 Å². The van der Waals surface area contributed by atoms with E-state index < -0.39 is 5.92 Å². The van der Waals surface area contributed by atoms with Gasteiger partial charge in [-0.05, 0) is 26.0 Å². The Hall–Kier alpha value is -1.73. The Kier molecular flexibility index (Phi) is 6.01. The second-order valence-electron chi connectivity index (χ2n) is 7.85. The predicted octanol–water partition coefficient (Wildman–Crippen LogP) is 2.13. The molecule has 5 nitrogen and oxygen atoms in total. The molecule has 0 aromatic heterocycles. The van der Waals surface area contributed by atoms with Gasteiger partial charge in [0.05, 0.1) is 6.04 Å². The maximum Gasteiger partial charge on any atom is 0.270 e. The molecule has 150 valence electrons. The van der Waals surface area contributed by atoms with Crippen LogP contribution in [0.5, 0.6) is 0 Å². The van der Waals surface area contributed by atoms with E-state index >= 15 is 0 Å². The molecule has 1 atom stereocenters. The second kappa shape index (κ2) is 8.10. The van der Waals surface area contributed by atoms with Crippen molar-refractivity contribution in [3.63, 3.8) is 0 Å². The number of piperazine rings is 2. The van der Waals surface area contributed by atoms with Crippen molar-refractivity contribution in [3.05, 3.63) is 29.8 Å². The van der Waals surface area contributed by atoms with Gasteiger partial charge in [0.2, 0.25) is 5.91 Å². The Balaban J connectivity index is 1.58. The molecule has 0 bridgehead atoms. The van der Waals surface area contributed by atoms with E-state index in [1.165, 1.54) is 6.07 Å². The van der Waals surface area contributed by atoms with Crippen molar-refractivity contribution >= 4 is 11.6 Å². The molecule has 0 saturated carbocycles. The molecular formula is C20H30F2N4O. The van der Waals surface area contributed by atoms with Crippen LogP contribution < -0.4 is 10.2 Å². The van der Waals surface area contributed by atoms with Crippen molar-refractivity contribution in [2.45, 2.75) is 38.8 Å². The van der Waals surface area contributed by atoms with Gasteiger partial charge in [-0.15, -0.1) is 0 Å². The molecule has 1 N–H and O–H groups in total. The van der Waals surface area contributed by atoms with E-state index in [1.807, 2.05) is 11.0 Å². The molecule has 1 aromatic rings. The molecule has 0 aliphatic carbocycles. The maximum absolute atomic E-state index is 13.6. The number of nitrogens with one attached hydrogen (secondary N) is 1.